The molecule has 0 aliphatic carbocycles. The molecule has 0 bridgehead atoms. The summed E-state index contributed by atoms with van der Waals surface area (Å²) in [6, 6.07) is 5.77. The molecule has 1 aromatic carbocycles. The predicted molar refractivity (Wildman–Crippen MR) is 48.1 cm³/mol. The lowest BCUT2D eigenvalue weighted by Crippen LogP contribution is -2.26. The Morgan fingerprint density at radius 1 is 1.42 bits per heavy atom. The first-order valence-corrected chi connectivity index (χ1v) is 4.25. The third-order valence-electron chi connectivity index (χ3n) is 2.43. The van der Waals surface area contributed by atoms with Gasteiger partial charge in [-0.3, -0.25) is 0 Å². The fraction of sp³-hybridized carbons (Fsp3) is 0.400. The van der Waals surface area contributed by atoms with Crippen molar-refractivity contribution in [3.63, 3.8) is 0 Å². The normalized spacial score (nSPS) is 17.4. The fourth-order valence-electron chi connectivity index (χ4n) is 1.73. The monoisotopic (exact) mass is 163 g/mol. The van der Waals surface area contributed by atoms with E-state index in [1.807, 2.05) is 6.07 Å². The number of phenolic OH excluding ortho intramolecular Hbond substituents is 1. The fourth-order valence-corrected chi connectivity index (χ4v) is 1.73. The number of fused-ring (bicyclic) bond motifs is 1. The second kappa shape index (κ2) is 2.79. The van der Waals surface area contributed by atoms with Crippen LogP contribution in [-0.2, 0) is 13.0 Å². The Bertz CT molecular complexity index is 296. The van der Waals surface area contributed by atoms with Crippen molar-refractivity contribution in [1.29, 1.82) is 0 Å². The van der Waals surface area contributed by atoms with Gasteiger partial charge in [-0.1, -0.05) is 12.1 Å². The maximum atomic E-state index is 9.52. The van der Waals surface area contributed by atoms with Crippen molar-refractivity contribution >= 4 is 0 Å². The molecular weight excluding hydrogens is 150 g/mol. The maximum Gasteiger partial charge on any atom is 0.119 e. The van der Waals surface area contributed by atoms with Gasteiger partial charge in [-0.15, -0.1) is 0 Å². The van der Waals surface area contributed by atoms with Crippen LogP contribution in [0.25, 0.3) is 0 Å². The number of hydrogen-bond donors (Lipinski definition) is 1. The molecule has 1 heterocycles. The topological polar surface area (TPSA) is 23.5 Å². The van der Waals surface area contributed by atoms with Crippen LogP contribution in [0.2, 0.25) is 0 Å². The zero-order valence-corrected chi connectivity index (χ0v) is 7.25. The predicted octanol–water partition coefficient (Wildman–Crippen LogP) is 1.38. The molecule has 0 spiro atoms. The van der Waals surface area contributed by atoms with Crippen LogP contribution < -0.4 is 0 Å². The van der Waals surface area contributed by atoms with Crippen LogP contribution in [0.1, 0.15) is 11.1 Å². The number of rotatable bonds is 0. The number of benzene rings is 1. The van der Waals surface area contributed by atoms with Gasteiger partial charge in [-0.05, 0) is 30.7 Å². The SMILES string of the molecule is CN1CCc2c(O)cccc2C1. The second-order valence-electron chi connectivity index (χ2n) is 3.40. The zero-order chi connectivity index (χ0) is 8.55. The zero-order valence-electron chi connectivity index (χ0n) is 7.25. The van der Waals surface area contributed by atoms with Crippen LogP contribution in [0.3, 0.4) is 0 Å². The number of nitrogens with zero attached hydrogens (tertiary/aromatic N) is 1. The summed E-state index contributed by atoms with van der Waals surface area (Å²) in [5.74, 6) is 0.459. The lowest BCUT2D eigenvalue weighted by atomic mass is 9.99. The Morgan fingerprint density at radius 2 is 2.25 bits per heavy atom. The molecule has 1 aliphatic heterocycles. The quantitative estimate of drug-likeness (QED) is 0.624. The van der Waals surface area contributed by atoms with E-state index >= 15 is 0 Å². The van der Waals surface area contributed by atoms with E-state index in [4.69, 9.17) is 0 Å². The van der Waals surface area contributed by atoms with Crippen molar-refractivity contribution in [2.24, 2.45) is 0 Å². The van der Waals surface area contributed by atoms with Gasteiger partial charge >= 0.3 is 0 Å². The van der Waals surface area contributed by atoms with Crippen LogP contribution in [0.5, 0.6) is 5.75 Å². The highest BCUT2D eigenvalue weighted by molar-refractivity contribution is 5.40. The van der Waals surface area contributed by atoms with Crippen molar-refractivity contribution in [2.75, 3.05) is 13.6 Å². The van der Waals surface area contributed by atoms with Gasteiger partial charge in [0.25, 0.3) is 0 Å². The molecule has 2 nitrogen and oxygen atoms in total. The minimum atomic E-state index is 0.459. The van der Waals surface area contributed by atoms with E-state index in [0.717, 1.165) is 25.1 Å². The summed E-state index contributed by atoms with van der Waals surface area (Å²) in [5, 5.41) is 9.52. The Labute approximate surface area is 72.4 Å². The Morgan fingerprint density at radius 3 is 3.08 bits per heavy atom. The van der Waals surface area contributed by atoms with Gasteiger partial charge < -0.3 is 10.0 Å². The molecule has 1 aliphatic rings. The highest BCUT2D eigenvalue weighted by Gasteiger charge is 2.14. The van der Waals surface area contributed by atoms with E-state index in [1.165, 1.54) is 5.56 Å². The first-order chi connectivity index (χ1) is 5.77. The van der Waals surface area contributed by atoms with Crippen LogP contribution >= 0.6 is 0 Å². The van der Waals surface area contributed by atoms with Crippen molar-refractivity contribution in [2.45, 2.75) is 13.0 Å². The van der Waals surface area contributed by atoms with Crippen LogP contribution in [0, 0.1) is 0 Å². The molecule has 0 radical (unpaired) electrons. The first-order valence-electron chi connectivity index (χ1n) is 4.25. The summed E-state index contributed by atoms with van der Waals surface area (Å²) in [5.41, 5.74) is 2.40. The van der Waals surface area contributed by atoms with Crippen LogP contribution in [0.15, 0.2) is 18.2 Å². The van der Waals surface area contributed by atoms with Gasteiger partial charge in [0.2, 0.25) is 0 Å². The molecule has 0 fully saturated rings. The molecule has 0 saturated heterocycles. The summed E-state index contributed by atoms with van der Waals surface area (Å²) in [6.07, 6.45) is 0.971. The molecule has 0 amide bonds. The summed E-state index contributed by atoms with van der Waals surface area (Å²) in [6.45, 7) is 2.01. The van der Waals surface area contributed by atoms with Crippen molar-refractivity contribution in [3.05, 3.63) is 29.3 Å². The highest BCUT2D eigenvalue weighted by Crippen LogP contribution is 2.25. The minimum absolute atomic E-state index is 0.459. The Kier molecular flexibility index (Phi) is 1.77. The van der Waals surface area contributed by atoms with E-state index in [-0.39, 0.29) is 0 Å². The first kappa shape index (κ1) is 7.62. The van der Waals surface area contributed by atoms with Crippen molar-refractivity contribution < 1.29 is 5.11 Å². The molecular formula is C10H13NO. The van der Waals surface area contributed by atoms with Gasteiger partial charge in [-0.2, -0.15) is 0 Å². The number of aromatic hydroxyl groups is 1. The van der Waals surface area contributed by atoms with Gasteiger partial charge in [0.05, 0.1) is 0 Å². The molecule has 64 valence electrons. The molecule has 2 heteroatoms. The Hall–Kier alpha value is -1.02. The van der Waals surface area contributed by atoms with Crippen LogP contribution in [0.4, 0.5) is 0 Å². The number of hydrogen-bond acceptors (Lipinski definition) is 2. The highest BCUT2D eigenvalue weighted by atomic mass is 16.3. The van der Waals surface area contributed by atoms with E-state index in [0.29, 0.717) is 5.75 Å². The van der Waals surface area contributed by atoms with E-state index in [1.54, 1.807) is 6.07 Å². The Balaban J connectivity index is 2.42. The van der Waals surface area contributed by atoms with Gasteiger partial charge in [0.15, 0.2) is 0 Å². The lowest BCUT2D eigenvalue weighted by molar-refractivity contribution is 0.308. The van der Waals surface area contributed by atoms with Crippen molar-refractivity contribution in [1.82, 2.24) is 4.90 Å². The average molecular weight is 163 g/mol. The summed E-state index contributed by atoms with van der Waals surface area (Å²) >= 11 is 0. The largest absolute Gasteiger partial charge is 0.508 e. The van der Waals surface area contributed by atoms with Gasteiger partial charge in [-0.25, -0.2) is 0 Å². The van der Waals surface area contributed by atoms with E-state index < -0.39 is 0 Å². The van der Waals surface area contributed by atoms with Gasteiger partial charge in [0, 0.05) is 13.1 Å². The molecule has 1 N–H and O–H groups in total. The molecule has 1 aromatic rings. The number of likely N-dealkylation sites (N-methyl/N-ethyl adjacent to an activating group) is 1. The molecule has 0 aromatic heterocycles. The summed E-state index contributed by atoms with van der Waals surface area (Å²) < 4.78 is 0. The van der Waals surface area contributed by atoms with E-state index in [2.05, 4.69) is 18.0 Å². The third-order valence-corrected chi connectivity index (χ3v) is 2.43. The molecule has 12 heavy (non-hydrogen) atoms. The van der Waals surface area contributed by atoms with Crippen LogP contribution in [-0.4, -0.2) is 23.6 Å². The average Bonchev–Trinajstić information content (AvgIpc) is 2.04. The minimum Gasteiger partial charge on any atom is -0.508 e. The summed E-state index contributed by atoms with van der Waals surface area (Å²) in [4.78, 5) is 2.27. The van der Waals surface area contributed by atoms with Crippen molar-refractivity contribution in [3.8, 4) is 5.75 Å². The molecule has 0 saturated carbocycles. The molecule has 0 atom stereocenters. The molecule has 2 rings (SSSR count). The smallest absolute Gasteiger partial charge is 0.119 e. The van der Waals surface area contributed by atoms with E-state index in [9.17, 15) is 5.11 Å². The third kappa shape index (κ3) is 1.18. The lowest BCUT2D eigenvalue weighted by Gasteiger charge is -2.25. The second-order valence-corrected chi connectivity index (χ2v) is 3.40. The summed E-state index contributed by atoms with van der Waals surface area (Å²) in [7, 11) is 2.10. The molecule has 0 unspecified atom stereocenters. The van der Waals surface area contributed by atoms with Gasteiger partial charge in [0.1, 0.15) is 5.75 Å². The maximum absolute atomic E-state index is 9.52. The standard InChI is InChI=1S/C10H13NO/c1-11-6-5-9-8(7-11)3-2-4-10(9)12/h2-4,12H,5-7H2,1H3. The number of phenols is 1.